The Morgan fingerprint density at radius 3 is 2.47 bits per heavy atom. The Bertz CT molecular complexity index is 1360. The van der Waals surface area contributed by atoms with Crippen LogP contribution in [0.5, 0.6) is 11.5 Å². The summed E-state index contributed by atoms with van der Waals surface area (Å²) < 4.78 is 56.4. The second kappa shape index (κ2) is 10.7. The summed E-state index contributed by atoms with van der Waals surface area (Å²) in [5, 5.41) is 9.96. The molecule has 0 aliphatic carbocycles. The van der Waals surface area contributed by atoms with E-state index in [0.29, 0.717) is 17.7 Å². The zero-order chi connectivity index (χ0) is 24.9. The predicted octanol–water partition coefficient (Wildman–Crippen LogP) is 6.25. The van der Waals surface area contributed by atoms with Crippen LogP contribution in [-0.2, 0) is 22.9 Å². The lowest BCUT2D eigenvalue weighted by Gasteiger charge is -2.13. The summed E-state index contributed by atoms with van der Waals surface area (Å²) >= 11 is 0. The van der Waals surface area contributed by atoms with Crippen molar-refractivity contribution >= 4 is 15.4 Å². The average molecular weight is 485 g/mol. The first-order chi connectivity index (χ1) is 16.0. The van der Waals surface area contributed by atoms with Gasteiger partial charge in [0.05, 0.1) is 4.90 Å². The van der Waals surface area contributed by atoms with E-state index in [1.807, 2.05) is 32.1 Å². The lowest BCUT2D eigenvalue weighted by molar-refractivity contribution is 0.298. The highest BCUT2D eigenvalue weighted by Gasteiger charge is 2.10. The Labute approximate surface area is 198 Å². The molecule has 3 rings (SSSR count). The molecular weight excluding hydrogens is 458 g/mol. The van der Waals surface area contributed by atoms with Crippen molar-refractivity contribution in [2.24, 2.45) is 0 Å². The smallest absolute Gasteiger partial charge is 0.175 e. The lowest BCUT2D eigenvalue weighted by atomic mass is 10.0. The zero-order valence-electron chi connectivity index (χ0n) is 19.2. The van der Waals surface area contributed by atoms with Crippen LogP contribution >= 0.6 is 0 Å². The molecule has 4 nitrogen and oxygen atoms in total. The predicted molar refractivity (Wildman–Crippen MR) is 129 cm³/mol. The SMILES string of the molecule is C/C(=C/C=C(\C)c1cc(O)ccc1OCc1ccc(F)cc1F)Cc1cccc(S(C)(=O)=O)c1. The Balaban J connectivity index is 1.79. The van der Waals surface area contributed by atoms with Crippen LogP contribution in [0.15, 0.2) is 83.3 Å². The Hall–Kier alpha value is -3.45. The standard InChI is InChI=1S/C27H26F2O4S/c1-18(13-20-5-4-6-24(14-20)34(3,31)32)7-8-19(2)25-16-23(30)11-12-27(25)33-17-21-9-10-22(28)15-26(21)29/h4-12,14-16,30H,13,17H2,1-3H3/b18-7-,19-8+. The highest BCUT2D eigenvalue weighted by Crippen LogP contribution is 2.31. The molecule has 0 heterocycles. The molecular formula is C27H26F2O4S. The van der Waals surface area contributed by atoms with E-state index in [-0.39, 0.29) is 22.8 Å². The van der Waals surface area contributed by atoms with Crippen molar-refractivity contribution in [1.29, 1.82) is 0 Å². The molecule has 34 heavy (non-hydrogen) atoms. The first-order valence-electron chi connectivity index (χ1n) is 10.6. The summed E-state index contributed by atoms with van der Waals surface area (Å²) in [7, 11) is -3.27. The van der Waals surface area contributed by atoms with Gasteiger partial charge in [-0.1, -0.05) is 29.9 Å². The number of phenolic OH excluding ortho intramolecular Hbond substituents is 1. The van der Waals surface area contributed by atoms with E-state index < -0.39 is 21.5 Å². The van der Waals surface area contributed by atoms with Gasteiger partial charge in [-0.3, -0.25) is 0 Å². The van der Waals surface area contributed by atoms with Crippen LogP contribution in [0.4, 0.5) is 8.78 Å². The lowest BCUT2D eigenvalue weighted by Crippen LogP contribution is -2.01. The molecule has 0 spiro atoms. The van der Waals surface area contributed by atoms with Crippen molar-refractivity contribution in [2.75, 3.05) is 6.26 Å². The van der Waals surface area contributed by atoms with E-state index in [9.17, 15) is 22.3 Å². The number of hydrogen-bond donors (Lipinski definition) is 1. The van der Waals surface area contributed by atoms with Gasteiger partial charge in [0.1, 0.15) is 29.7 Å². The first kappa shape index (κ1) is 25.2. The van der Waals surface area contributed by atoms with Gasteiger partial charge in [0, 0.05) is 23.4 Å². The number of sulfone groups is 1. The quantitative estimate of drug-likeness (QED) is 0.384. The third-order valence-electron chi connectivity index (χ3n) is 5.21. The van der Waals surface area contributed by atoms with Crippen molar-refractivity contribution in [3.63, 3.8) is 0 Å². The monoisotopic (exact) mass is 484 g/mol. The van der Waals surface area contributed by atoms with Gasteiger partial charge in [-0.25, -0.2) is 17.2 Å². The molecule has 0 saturated carbocycles. The Morgan fingerprint density at radius 1 is 1.00 bits per heavy atom. The van der Waals surface area contributed by atoms with Crippen LogP contribution in [0.1, 0.15) is 30.5 Å². The maximum atomic E-state index is 13.9. The fraction of sp³-hybridized carbons (Fsp3) is 0.185. The Kier molecular flexibility index (Phi) is 7.89. The minimum Gasteiger partial charge on any atom is -0.508 e. The normalized spacial score (nSPS) is 12.6. The van der Waals surface area contributed by atoms with Gasteiger partial charge in [-0.05, 0) is 73.9 Å². The van der Waals surface area contributed by atoms with E-state index in [1.54, 1.807) is 30.3 Å². The van der Waals surface area contributed by atoms with Gasteiger partial charge < -0.3 is 9.84 Å². The molecule has 0 aliphatic rings. The maximum absolute atomic E-state index is 13.9. The molecule has 0 fully saturated rings. The van der Waals surface area contributed by atoms with Crippen LogP contribution in [0.25, 0.3) is 5.57 Å². The van der Waals surface area contributed by atoms with Gasteiger partial charge in [-0.15, -0.1) is 0 Å². The van der Waals surface area contributed by atoms with E-state index in [0.717, 1.165) is 22.8 Å². The highest BCUT2D eigenvalue weighted by molar-refractivity contribution is 7.90. The number of phenols is 1. The molecule has 3 aromatic carbocycles. The molecule has 0 atom stereocenters. The van der Waals surface area contributed by atoms with Crippen molar-refractivity contribution in [3.05, 3.63) is 107 Å². The molecule has 0 saturated heterocycles. The van der Waals surface area contributed by atoms with E-state index >= 15 is 0 Å². The second-order valence-electron chi connectivity index (χ2n) is 8.16. The minimum atomic E-state index is -3.27. The molecule has 0 unspecified atom stereocenters. The van der Waals surface area contributed by atoms with Crippen molar-refractivity contribution in [1.82, 2.24) is 0 Å². The van der Waals surface area contributed by atoms with Crippen molar-refractivity contribution in [3.8, 4) is 11.5 Å². The molecule has 1 N–H and O–H groups in total. The third kappa shape index (κ3) is 6.78. The van der Waals surface area contributed by atoms with Gasteiger partial charge in [0.2, 0.25) is 0 Å². The largest absolute Gasteiger partial charge is 0.508 e. The van der Waals surface area contributed by atoms with Gasteiger partial charge in [-0.2, -0.15) is 0 Å². The van der Waals surface area contributed by atoms with Gasteiger partial charge in [0.15, 0.2) is 9.84 Å². The highest BCUT2D eigenvalue weighted by atomic mass is 32.2. The fourth-order valence-electron chi connectivity index (χ4n) is 3.37. The summed E-state index contributed by atoms with van der Waals surface area (Å²) in [5.41, 5.74) is 3.53. The number of aromatic hydroxyl groups is 1. The van der Waals surface area contributed by atoms with Gasteiger partial charge >= 0.3 is 0 Å². The Morgan fingerprint density at radius 2 is 1.76 bits per heavy atom. The second-order valence-corrected chi connectivity index (χ2v) is 10.2. The first-order valence-corrected chi connectivity index (χ1v) is 12.5. The summed E-state index contributed by atoms with van der Waals surface area (Å²) in [6, 6.07) is 14.8. The number of benzene rings is 3. The topological polar surface area (TPSA) is 63.6 Å². The van der Waals surface area contributed by atoms with Crippen LogP contribution in [0, 0.1) is 11.6 Å². The molecule has 0 aliphatic heterocycles. The number of allylic oxidation sites excluding steroid dienone is 4. The third-order valence-corrected chi connectivity index (χ3v) is 6.32. The van der Waals surface area contributed by atoms with Crippen molar-refractivity contribution in [2.45, 2.75) is 31.8 Å². The maximum Gasteiger partial charge on any atom is 0.175 e. The number of ether oxygens (including phenoxy) is 1. The number of rotatable bonds is 8. The molecule has 0 radical (unpaired) electrons. The average Bonchev–Trinajstić information content (AvgIpc) is 2.77. The molecule has 0 amide bonds. The summed E-state index contributed by atoms with van der Waals surface area (Å²) in [5.74, 6) is -0.842. The van der Waals surface area contributed by atoms with E-state index in [2.05, 4.69) is 0 Å². The van der Waals surface area contributed by atoms with Crippen LogP contribution in [-0.4, -0.2) is 19.8 Å². The summed E-state index contributed by atoms with van der Waals surface area (Å²) in [6.45, 7) is 3.70. The molecule has 178 valence electrons. The number of halogens is 2. The van der Waals surface area contributed by atoms with Gasteiger partial charge in [0.25, 0.3) is 0 Å². The van der Waals surface area contributed by atoms with E-state index in [4.69, 9.17) is 4.74 Å². The molecule has 0 aromatic heterocycles. The molecule has 7 heteroatoms. The fourth-order valence-corrected chi connectivity index (χ4v) is 4.06. The zero-order valence-corrected chi connectivity index (χ0v) is 20.0. The minimum absolute atomic E-state index is 0.0568. The van der Waals surface area contributed by atoms with Crippen LogP contribution in [0.3, 0.4) is 0 Å². The number of hydrogen-bond acceptors (Lipinski definition) is 4. The molecule has 3 aromatic rings. The molecule has 0 bridgehead atoms. The van der Waals surface area contributed by atoms with E-state index in [1.165, 1.54) is 24.5 Å². The van der Waals surface area contributed by atoms with Crippen LogP contribution < -0.4 is 4.74 Å². The summed E-state index contributed by atoms with van der Waals surface area (Å²) in [4.78, 5) is 0.281. The summed E-state index contributed by atoms with van der Waals surface area (Å²) in [6.07, 6.45) is 5.53. The van der Waals surface area contributed by atoms with Crippen molar-refractivity contribution < 1.29 is 27.0 Å². The van der Waals surface area contributed by atoms with Crippen LogP contribution in [0.2, 0.25) is 0 Å².